The summed E-state index contributed by atoms with van der Waals surface area (Å²) in [7, 11) is 3.86. The number of nitrogens with one attached hydrogen (secondary N) is 3. The first-order valence-electron chi connectivity index (χ1n) is 13.8. The summed E-state index contributed by atoms with van der Waals surface area (Å²) in [4.78, 5) is 40.5. The van der Waals surface area contributed by atoms with Crippen molar-refractivity contribution >= 4 is 57.7 Å². The number of hydrogen-bond donors (Lipinski definition) is 3. The van der Waals surface area contributed by atoms with Crippen molar-refractivity contribution in [2.75, 3.05) is 24.4 Å². The lowest BCUT2D eigenvalue weighted by Gasteiger charge is -2.13. The Morgan fingerprint density at radius 3 is 2.32 bits per heavy atom. The number of carbonyl (C=O) groups is 3. The van der Waals surface area contributed by atoms with Crippen molar-refractivity contribution in [3.63, 3.8) is 0 Å². The van der Waals surface area contributed by atoms with E-state index in [1.807, 2.05) is 85.7 Å². The Bertz CT molecular complexity index is 1850. The molecule has 0 saturated heterocycles. The standard InChI is InChI=1S/C35H30N6O3/c1-41(2)29-18-15-24(16-19-29)21-32(37-34(43)26-10-4-3-5-11-26)35(44)40-36-23-27-22-28(17-20-33(27)42)38-39-31-14-8-12-25-9-6-7-13-30(25)31/h3-23,39H,1-2H3,(H,37,43)(H,40,44). The van der Waals surface area contributed by atoms with Crippen LogP contribution in [-0.2, 0) is 9.59 Å². The van der Waals surface area contributed by atoms with Gasteiger partial charge in [-0.05, 0) is 65.6 Å². The highest BCUT2D eigenvalue weighted by molar-refractivity contribution is 6.27. The van der Waals surface area contributed by atoms with Crippen molar-refractivity contribution in [2.45, 2.75) is 0 Å². The number of fused-ring (bicyclic) bond motifs is 1. The van der Waals surface area contributed by atoms with Gasteiger partial charge in [0.2, 0.25) is 0 Å². The molecule has 0 atom stereocenters. The molecule has 4 aromatic rings. The fraction of sp³-hybridized carbons (Fsp3) is 0.0571. The molecule has 0 radical (unpaired) electrons. The maximum absolute atomic E-state index is 13.2. The van der Waals surface area contributed by atoms with E-state index in [4.69, 9.17) is 0 Å². The third-order valence-corrected chi connectivity index (χ3v) is 6.71. The molecule has 0 saturated carbocycles. The van der Waals surface area contributed by atoms with E-state index in [-0.39, 0.29) is 17.1 Å². The van der Waals surface area contributed by atoms with Gasteiger partial charge in [0, 0.05) is 36.3 Å². The quantitative estimate of drug-likeness (QED) is 0.107. The maximum atomic E-state index is 13.2. The van der Waals surface area contributed by atoms with E-state index in [0.717, 1.165) is 22.1 Å². The topological polar surface area (TPSA) is 115 Å². The van der Waals surface area contributed by atoms with Crippen molar-refractivity contribution in [3.8, 4) is 0 Å². The van der Waals surface area contributed by atoms with Crippen LogP contribution in [0.15, 0.2) is 137 Å². The van der Waals surface area contributed by atoms with Crippen molar-refractivity contribution in [3.05, 3.63) is 138 Å². The number of allylic oxidation sites excluding steroid dienone is 4. The second kappa shape index (κ2) is 13.7. The van der Waals surface area contributed by atoms with E-state index >= 15 is 0 Å². The highest BCUT2D eigenvalue weighted by Gasteiger charge is 2.15. The summed E-state index contributed by atoms with van der Waals surface area (Å²) in [6.07, 6.45) is 7.35. The van der Waals surface area contributed by atoms with Gasteiger partial charge in [-0.15, -0.1) is 0 Å². The molecule has 1 aliphatic rings. The molecular formula is C35H30N6O3. The van der Waals surface area contributed by atoms with Gasteiger partial charge in [0.25, 0.3) is 11.8 Å². The molecule has 1 aliphatic carbocycles. The smallest absolute Gasteiger partial charge is 0.287 e. The fourth-order valence-corrected chi connectivity index (χ4v) is 4.35. The molecule has 0 heterocycles. The lowest BCUT2D eigenvalue weighted by molar-refractivity contribution is -0.117. The third kappa shape index (κ3) is 7.40. The van der Waals surface area contributed by atoms with Gasteiger partial charge in [-0.3, -0.25) is 19.8 Å². The number of anilines is 2. The fourth-order valence-electron chi connectivity index (χ4n) is 4.35. The number of hydrazone groups is 2. The van der Waals surface area contributed by atoms with E-state index in [1.54, 1.807) is 48.6 Å². The average molecular weight is 583 g/mol. The van der Waals surface area contributed by atoms with Crippen LogP contribution in [0.2, 0.25) is 0 Å². The SMILES string of the molecule is CN(C)c1ccc(C=C(NC(=O)c2ccccc2)C(=O)NN=CC2=CC(=NNc3cccc4ccccc34)C=CC2=O)cc1. The monoisotopic (exact) mass is 582 g/mol. The number of benzene rings is 4. The van der Waals surface area contributed by atoms with Gasteiger partial charge in [0.15, 0.2) is 5.78 Å². The van der Waals surface area contributed by atoms with Crippen LogP contribution in [0.4, 0.5) is 11.4 Å². The van der Waals surface area contributed by atoms with Crippen LogP contribution >= 0.6 is 0 Å². The molecule has 0 bridgehead atoms. The van der Waals surface area contributed by atoms with Crippen molar-refractivity contribution in [2.24, 2.45) is 10.2 Å². The average Bonchev–Trinajstić information content (AvgIpc) is 3.05. The van der Waals surface area contributed by atoms with Crippen molar-refractivity contribution < 1.29 is 14.4 Å². The van der Waals surface area contributed by atoms with Gasteiger partial charge < -0.3 is 10.2 Å². The minimum Gasteiger partial charge on any atom is -0.378 e. The summed E-state index contributed by atoms with van der Waals surface area (Å²) >= 11 is 0. The molecule has 0 aromatic heterocycles. The zero-order valence-electron chi connectivity index (χ0n) is 24.2. The summed E-state index contributed by atoms with van der Waals surface area (Å²) < 4.78 is 0. The molecule has 9 heteroatoms. The second-order valence-corrected chi connectivity index (χ2v) is 10.0. The van der Waals surface area contributed by atoms with Crippen molar-refractivity contribution in [1.29, 1.82) is 0 Å². The van der Waals surface area contributed by atoms with Gasteiger partial charge in [-0.1, -0.05) is 66.7 Å². The summed E-state index contributed by atoms with van der Waals surface area (Å²) in [5.41, 5.74) is 9.10. The van der Waals surface area contributed by atoms with Gasteiger partial charge in [-0.2, -0.15) is 10.2 Å². The number of carbonyl (C=O) groups excluding carboxylic acids is 3. The van der Waals surface area contributed by atoms with E-state index in [1.165, 1.54) is 12.3 Å². The van der Waals surface area contributed by atoms with Gasteiger partial charge >= 0.3 is 0 Å². The normalized spacial score (nSPS) is 14.0. The molecule has 218 valence electrons. The van der Waals surface area contributed by atoms with Gasteiger partial charge in [0.1, 0.15) is 5.70 Å². The van der Waals surface area contributed by atoms with Crippen LogP contribution in [0.1, 0.15) is 15.9 Å². The molecule has 0 unspecified atom stereocenters. The van der Waals surface area contributed by atoms with E-state index in [2.05, 4.69) is 26.4 Å². The molecule has 0 aliphatic heterocycles. The van der Waals surface area contributed by atoms with Crippen LogP contribution in [0.3, 0.4) is 0 Å². The number of rotatable bonds is 9. The number of ketones is 1. The summed E-state index contributed by atoms with van der Waals surface area (Å²) in [5, 5.41) is 13.2. The predicted molar refractivity (Wildman–Crippen MR) is 177 cm³/mol. The molecular weight excluding hydrogens is 552 g/mol. The van der Waals surface area contributed by atoms with Crippen molar-refractivity contribution in [1.82, 2.24) is 10.7 Å². The lowest BCUT2D eigenvalue weighted by Crippen LogP contribution is -2.33. The van der Waals surface area contributed by atoms with E-state index in [9.17, 15) is 14.4 Å². The molecule has 2 amide bonds. The van der Waals surface area contributed by atoms with Crippen LogP contribution < -0.4 is 21.1 Å². The number of hydrogen-bond acceptors (Lipinski definition) is 7. The maximum Gasteiger partial charge on any atom is 0.287 e. The Labute approximate surface area is 255 Å². The Kier molecular flexibility index (Phi) is 9.17. The minimum absolute atomic E-state index is 0.0148. The Morgan fingerprint density at radius 1 is 0.818 bits per heavy atom. The second-order valence-electron chi connectivity index (χ2n) is 10.0. The zero-order chi connectivity index (χ0) is 30.9. The van der Waals surface area contributed by atoms with Crippen LogP contribution in [0.5, 0.6) is 0 Å². The van der Waals surface area contributed by atoms with Gasteiger partial charge in [0.05, 0.1) is 17.6 Å². The molecule has 5 rings (SSSR count). The highest BCUT2D eigenvalue weighted by Crippen LogP contribution is 2.23. The van der Waals surface area contributed by atoms with Gasteiger partial charge in [-0.25, -0.2) is 5.43 Å². The molecule has 44 heavy (non-hydrogen) atoms. The third-order valence-electron chi connectivity index (χ3n) is 6.71. The first-order chi connectivity index (χ1) is 21.4. The highest BCUT2D eigenvalue weighted by atomic mass is 16.2. The lowest BCUT2D eigenvalue weighted by atomic mass is 10.0. The van der Waals surface area contributed by atoms with Crippen LogP contribution in [-0.4, -0.2) is 43.6 Å². The van der Waals surface area contributed by atoms with E-state index < -0.39 is 11.8 Å². The zero-order valence-corrected chi connectivity index (χ0v) is 24.2. The molecule has 3 N–H and O–H groups in total. The Morgan fingerprint density at radius 2 is 1.55 bits per heavy atom. The first kappa shape index (κ1) is 29.4. The summed E-state index contributed by atoms with van der Waals surface area (Å²) in [5.74, 6) is -1.40. The molecule has 4 aromatic carbocycles. The summed E-state index contributed by atoms with van der Waals surface area (Å²) in [6, 6.07) is 29.9. The molecule has 0 spiro atoms. The first-order valence-corrected chi connectivity index (χ1v) is 13.8. The minimum atomic E-state index is -0.659. The van der Waals surface area contributed by atoms with Crippen LogP contribution in [0.25, 0.3) is 16.8 Å². The molecule has 9 nitrogen and oxygen atoms in total. The van der Waals surface area contributed by atoms with E-state index in [0.29, 0.717) is 16.8 Å². The molecule has 0 fully saturated rings. The Hall–Kier alpha value is -6.09. The number of amides is 2. The van der Waals surface area contributed by atoms with Crippen LogP contribution in [0, 0.1) is 0 Å². The number of nitrogens with zero attached hydrogens (tertiary/aromatic N) is 3. The Balaban J connectivity index is 1.32. The predicted octanol–water partition coefficient (Wildman–Crippen LogP) is 5.31. The largest absolute Gasteiger partial charge is 0.378 e. The summed E-state index contributed by atoms with van der Waals surface area (Å²) in [6.45, 7) is 0.